The average Bonchev–Trinajstić information content (AvgIpc) is 3.24. The second-order valence-corrected chi connectivity index (χ2v) is 7.34. The highest BCUT2D eigenvalue weighted by Gasteiger charge is 2.22. The molecular weight excluding hydrogens is 385 g/mol. The lowest BCUT2D eigenvalue weighted by atomic mass is 10.00. The molecule has 2 aromatic carbocycles. The minimum atomic E-state index is -1.34. The van der Waals surface area contributed by atoms with E-state index < -0.39 is 17.3 Å². The van der Waals surface area contributed by atoms with E-state index in [-0.39, 0.29) is 11.7 Å². The fourth-order valence-electron chi connectivity index (χ4n) is 3.78. The number of aromatic carboxylic acids is 1. The van der Waals surface area contributed by atoms with Crippen LogP contribution in [0.15, 0.2) is 40.9 Å². The van der Waals surface area contributed by atoms with E-state index in [2.05, 4.69) is 27.9 Å². The van der Waals surface area contributed by atoms with Gasteiger partial charge in [0, 0.05) is 29.3 Å². The molecule has 4 rings (SSSR count). The van der Waals surface area contributed by atoms with Gasteiger partial charge >= 0.3 is 5.97 Å². The summed E-state index contributed by atoms with van der Waals surface area (Å²) in [4.78, 5) is 17.6. The number of hydrogen-bond donors (Lipinski definition) is 1. The Morgan fingerprint density at radius 1 is 1.27 bits per heavy atom. The van der Waals surface area contributed by atoms with Gasteiger partial charge in [0.1, 0.15) is 5.82 Å². The third kappa shape index (κ3) is 3.64. The lowest BCUT2D eigenvalue weighted by Crippen LogP contribution is -2.37. The number of carboxylic acid groups (broad SMARTS) is 1. The van der Waals surface area contributed by atoms with Crippen molar-refractivity contribution in [2.75, 3.05) is 11.4 Å². The van der Waals surface area contributed by atoms with E-state index >= 15 is 0 Å². The number of halogens is 1. The Morgan fingerprint density at radius 2 is 2.07 bits per heavy atom. The van der Waals surface area contributed by atoms with Gasteiger partial charge in [0.05, 0.1) is 11.3 Å². The predicted octanol–water partition coefficient (Wildman–Crippen LogP) is 4.60. The molecule has 0 spiro atoms. The van der Waals surface area contributed by atoms with E-state index in [9.17, 15) is 9.18 Å². The molecule has 1 saturated heterocycles. The maximum Gasteiger partial charge on any atom is 0.338 e. The molecule has 30 heavy (non-hydrogen) atoms. The quantitative estimate of drug-likeness (QED) is 0.639. The summed E-state index contributed by atoms with van der Waals surface area (Å²) < 4.78 is 19.3. The van der Waals surface area contributed by atoms with Gasteiger partial charge in [0.25, 0.3) is 5.89 Å². The molecule has 0 saturated carbocycles. The first-order valence-corrected chi connectivity index (χ1v) is 9.72. The lowest BCUT2D eigenvalue weighted by molar-refractivity contribution is 0.0692. The zero-order valence-electron chi connectivity index (χ0n) is 16.4. The molecule has 1 N–H and O–H groups in total. The van der Waals surface area contributed by atoms with Crippen molar-refractivity contribution in [1.29, 1.82) is 0 Å². The summed E-state index contributed by atoms with van der Waals surface area (Å²) in [5, 5.41) is 12.8. The molecule has 0 aliphatic carbocycles. The normalized spacial score (nSPS) is 16.3. The van der Waals surface area contributed by atoms with E-state index in [0.717, 1.165) is 36.7 Å². The summed E-state index contributed by atoms with van der Waals surface area (Å²) in [6, 6.07) is 9.80. The second-order valence-electron chi connectivity index (χ2n) is 7.34. The SMILES string of the molecule is C#Cc1cc(-c2nc(-c3ccc(C(=O)O)c(F)c3)no2)ccc1N1CCCCC1C. The van der Waals surface area contributed by atoms with Crippen molar-refractivity contribution >= 4 is 11.7 Å². The van der Waals surface area contributed by atoms with Gasteiger partial charge < -0.3 is 14.5 Å². The molecule has 0 radical (unpaired) electrons. The fourth-order valence-corrected chi connectivity index (χ4v) is 3.78. The Morgan fingerprint density at radius 3 is 2.77 bits per heavy atom. The number of anilines is 1. The summed E-state index contributed by atoms with van der Waals surface area (Å²) in [6.07, 6.45) is 9.26. The van der Waals surface area contributed by atoms with Crippen molar-refractivity contribution in [2.45, 2.75) is 32.2 Å². The molecule has 0 amide bonds. The van der Waals surface area contributed by atoms with Gasteiger partial charge in [-0.25, -0.2) is 9.18 Å². The highest BCUT2D eigenvalue weighted by molar-refractivity contribution is 5.88. The molecule has 1 aliphatic heterocycles. The van der Waals surface area contributed by atoms with E-state index in [1.807, 2.05) is 18.2 Å². The van der Waals surface area contributed by atoms with Gasteiger partial charge in [-0.1, -0.05) is 11.1 Å². The van der Waals surface area contributed by atoms with Gasteiger partial charge in [-0.05, 0) is 62.6 Å². The van der Waals surface area contributed by atoms with Crippen molar-refractivity contribution in [2.24, 2.45) is 0 Å². The molecule has 0 bridgehead atoms. The van der Waals surface area contributed by atoms with Crippen LogP contribution in [0.5, 0.6) is 0 Å². The molecule has 3 aromatic rings. The summed E-state index contributed by atoms with van der Waals surface area (Å²) in [7, 11) is 0. The van der Waals surface area contributed by atoms with Crippen LogP contribution in [0.1, 0.15) is 42.1 Å². The Balaban J connectivity index is 1.64. The van der Waals surface area contributed by atoms with Crippen LogP contribution in [-0.2, 0) is 0 Å². The van der Waals surface area contributed by atoms with Crippen molar-refractivity contribution in [3.8, 4) is 35.2 Å². The first-order chi connectivity index (χ1) is 14.5. The molecule has 152 valence electrons. The minimum absolute atomic E-state index is 0.164. The van der Waals surface area contributed by atoms with Crippen LogP contribution in [-0.4, -0.2) is 33.8 Å². The number of aromatic nitrogens is 2. The number of piperidine rings is 1. The first kappa shape index (κ1) is 19.6. The minimum Gasteiger partial charge on any atom is -0.478 e. The highest BCUT2D eigenvalue weighted by atomic mass is 19.1. The molecule has 6 nitrogen and oxygen atoms in total. The molecule has 1 unspecified atom stereocenters. The van der Waals surface area contributed by atoms with Crippen molar-refractivity contribution < 1.29 is 18.8 Å². The van der Waals surface area contributed by atoms with E-state index in [4.69, 9.17) is 16.1 Å². The van der Waals surface area contributed by atoms with Crippen molar-refractivity contribution in [3.05, 3.63) is 53.3 Å². The zero-order chi connectivity index (χ0) is 21.3. The summed E-state index contributed by atoms with van der Waals surface area (Å²) in [6.45, 7) is 3.17. The highest BCUT2D eigenvalue weighted by Crippen LogP contribution is 2.31. The maximum atomic E-state index is 14.0. The van der Waals surface area contributed by atoms with Crippen LogP contribution in [0, 0.1) is 18.2 Å². The van der Waals surface area contributed by atoms with E-state index in [1.165, 1.54) is 18.6 Å². The third-order valence-electron chi connectivity index (χ3n) is 5.40. The van der Waals surface area contributed by atoms with Crippen LogP contribution in [0.3, 0.4) is 0 Å². The standard InChI is InChI=1S/C23H20FN3O3/c1-3-15-12-17(8-10-20(15)27-11-5-4-6-14(27)2)22-25-21(26-30-22)16-7-9-18(23(28)29)19(24)13-16/h1,7-10,12-14H,4-6,11H2,2H3,(H,28,29). The molecule has 7 heteroatoms. The van der Waals surface area contributed by atoms with Gasteiger partial charge in [0.15, 0.2) is 0 Å². The topological polar surface area (TPSA) is 79.5 Å². The number of carbonyl (C=O) groups is 1. The number of nitrogens with zero attached hydrogens (tertiary/aromatic N) is 3. The number of carboxylic acids is 1. The molecule has 1 aliphatic rings. The van der Waals surface area contributed by atoms with Gasteiger partial charge in [0.2, 0.25) is 5.82 Å². The first-order valence-electron chi connectivity index (χ1n) is 9.72. The van der Waals surface area contributed by atoms with Crippen molar-refractivity contribution in [1.82, 2.24) is 10.1 Å². The summed E-state index contributed by atoms with van der Waals surface area (Å²) >= 11 is 0. The molecule has 1 fully saturated rings. The second kappa shape index (κ2) is 7.99. The van der Waals surface area contributed by atoms with Crippen LogP contribution in [0.25, 0.3) is 22.8 Å². The average molecular weight is 405 g/mol. The Hall–Kier alpha value is -3.66. The van der Waals surface area contributed by atoms with Gasteiger partial charge in [-0.15, -0.1) is 6.42 Å². The predicted molar refractivity (Wildman–Crippen MR) is 111 cm³/mol. The molecule has 1 atom stereocenters. The zero-order valence-corrected chi connectivity index (χ0v) is 16.4. The molecule has 1 aromatic heterocycles. The van der Waals surface area contributed by atoms with Crippen LogP contribution in [0.2, 0.25) is 0 Å². The smallest absolute Gasteiger partial charge is 0.338 e. The number of benzene rings is 2. The number of hydrogen-bond acceptors (Lipinski definition) is 5. The number of rotatable bonds is 4. The van der Waals surface area contributed by atoms with Crippen LogP contribution >= 0.6 is 0 Å². The van der Waals surface area contributed by atoms with Crippen molar-refractivity contribution in [3.63, 3.8) is 0 Å². The summed E-state index contributed by atoms with van der Waals surface area (Å²) in [5.41, 5.74) is 2.34. The maximum absolute atomic E-state index is 14.0. The van der Waals surface area contributed by atoms with Gasteiger partial charge in [-0.3, -0.25) is 0 Å². The lowest BCUT2D eigenvalue weighted by Gasteiger charge is -2.36. The van der Waals surface area contributed by atoms with E-state index in [1.54, 1.807) is 0 Å². The Kier molecular flexibility index (Phi) is 5.23. The third-order valence-corrected chi connectivity index (χ3v) is 5.40. The van der Waals surface area contributed by atoms with Crippen LogP contribution in [0.4, 0.5) is 10.1 Å². The number of terminal acetylenes is 1. The fraction of sp³-hybridized carbons (Fsp3) is 0.261. The monoisotopic (exact) mass is 405 g/mol. The largest absolute Gasteiger partial charge is 0.478 e. The van der Waals surface area contributed by atoms with Crippen LogP contribution < -0.4 is 4.90 Å². The Bertz CT molecular complexity index is 1150. The van der Waals surface area contributed by atoms with Gasteiger partial charge in [-0.2, -0.15) is 4.98 Å². The summed E-state index contributed by atoms with van der Waals surface area (Å²) in [5.74, 6) is 0.970. The molecular formula is C23H20FN3O3. The van der Waals surface area contributed by atoms with E-state index in [0.29, 0.717) is 17.2 Å². The Labute approximate surface area is 173 Å². The molecule has 2 heterocycles.